The summed E-state index contributed by atoms with van der Waals surface area (Å²) < 4.78 is 13.8. The van der Waals surface area contributed by atoms with Crippen LogP contribution in [0.2, 0.25) is 0 Å². The molecule has 132 valence electrons. The summed E-state index contributed by atoms with van der Waals surface area (Å²) in [6.45, 7) is 2.01. The zero-order chi connectivity index (χ0) is 17.1. The molecule has 1 aliphatic carbocycles. The zero-order valence-electron chi connectivity index (χ0n) is 14.0. The van der Waals surface area contributed by atoms with Gasteiger partial charge in [-0.1, -0.05) is 6.92 Å². The van der Waals surface area contributed by atoms with Crippen molar-refractivity contribution in [3.05, 3.63) is 18.1 Å². The molecule has 0 saturated heterocycles. The molecular formula is C16H23IN4OS2. The number of hydrogen-bond donors (Lipinski definition) is 0. The largest absolute Gasteiger partial charge is 0.356 e. The number of rotatable bonds is 5. The molecule has 0 amide bonds. The van der Waals surface area contributed by atoms with Gasteiger partial charge in [-0.3, -0.25) is 6.73 Å². The number of anilines is 1. The second-order valence-electron chi connectivity index (χ2n) is 6.28. The molecule has 1 unspecified atom stereocenters. The molecule has 1 aromatic rings. The van der Waals surface area contributed by atoms with Crippen LogP contribution in [0.3, 0.4) is 0 Å². The van der Waals surface area contributed by atoms with E-state index in [1.807, 2.05) is 15.6 Å². The SMILES string of the molecule is CCS(=O)CC1CCC(N(C)c2ncnc3c2C=CN(I)S3)CC1. The van der Waals surface area contributed by atoms with Crippen LogP contribution in [0.5, 0.6) is 0 Å². The van der Waals surface area contributed by atoms with E-state index < -0.39 is 10.8 Å². The molecule has 0 N–H and O–H groups in total. The average molecular weight is 478 g/mol. The maximum atomic E-state index is 11.8. The quantitative estimate of drug-likeness (QED) is 0.277. The van der Waals surface area contributed by atoms with Crippen LogP contribution in [0.15, 0.2) is 17.6 Å². The summed E-state index contributed by atoms with van der Waals surface area (Å²) in [7, 11) is 1.51. The first-order valence-electron chi connectivity index (χ1n) is 8.32. The Morgan fingerprint density at radius 2 is 2.12 bits per heavy atom. The molecule has 2 heterocycles. The third kappa shape index (κ3) is 4.24. The molecule has 0 radical (unpaired) electrons. The highest BCUT2D eigenvalue weighted by Crippen LogP contribution is 2.38. The van der Waals surface area contributed by atoms with Gasteiger partial charge in [-0.25, -0.2) is 9.97 Å². The normalized spacial score (nSPS) is 24.5. The highest BCUT2D eigenvalue weighted by molar-refractivity contribution is 14.1. The Balaban J connectivity index is 1.67. The number of fused-ring (bicyclic) bond motifs is 1. The van der Waals surface area contributed by atoms with E-state index >= 15 is 0 Å². The van der Waals surface area contributed by atoms with Crippen LogP contribution in [0.1, 0.15) is 38.2 Å². The summed E-state index contributed by atoms with van der Waals surface area (Å²) in [6.07, 6.45) is 10.4. The molecule has 1 aliphatic heterocycles. The van der Waals surface area contributed by atoms with Crippen LogP contribution in [-0.2, 0) is 10.8 Å². The highest BCUT2D eigenvalue weighted by atomic mass is 127. The van der Waals surface area contributed by atoms with Gasteiger partial charge in [-0.05, 0) is 37.7 Å². The van der Waals surface area contributed by atoms with Gasteiger partial charge in [0.2, 0.25) is 0 Å². The second kappa shape index (κ2) is 8.35. The van der Waals surface area contributed by atoms with Crippen molar-refractivity contribution < 1.29 is 4.21 Å². The molecule has 0 aromatic carbocycles. The summed E-state index contributed by atoms with van der Waals surface area (Å²) in [5.41, 5.74) is 1.12. The lowest BCUT2D eigenvalue weighted by Crippen LogP contribution is -2.37. The van der Waals surface area contributed by atoms with Crippen molar-refractivity contribution in [3.8, 4) is 0 Å². The first kappa shape index (κ1) is 18.4. The van der Waals surface area contributed by atoms with Crippen molar-refractivity contribution in [2.75, 3.05) is 23.5 Å². The fraction of sp³-hybridized carbons (Fsp3) is 0.625. The number of nitrogens with zero attached hydrogens (tertiary/aromatic N) is 4. The van der Waals surface area contributed by atoms with Gasteiger partial charge < -0.3 is 4.90 Å². The molecule has 3 rings (SSSR count). The third-order valence-electron chi connectivity index (χ3n) is 4.80. The van der Waals surface area contributed by atoms with Crippen molar-refractivity contribution in [1.29, 1.82) is 0 Å². The minimum atomic E-state index is -0.639. The topological polar surface area (TPSA) is 49.3 Å². The first-order chi connectivity index (χ1) is 11.6. The smallest absolute Gasteiger partial charge is 0.140 e. The van der Waals surface area contributed by atoms with Crippen molar-refractivity contribution >= 4 is 57.5 Å². The summed E-state index contributed by atoms with van der Waals surface area (Å²) in [4.78, 5) is 11.3. The van der Waals surface area contributed by atoms with Crippen molar-refractivity contribution in [3.63, 3.8) is 0 Å². The molecule has 5 nitrogen and oxygen atoms in total. The van der Waals surface area contributed by atoms with Crippen LogP contribution >= 0.6 is 34.8 Å². The molecule has 24 heavy (non-hydrogen) atoms. The summed E-state index contributed by atoms with van der Waals surface area (Å²) in [5.74, 6) is 3.30. The van der Waals surface area contributed by atoms with E-state index in [2.05, 4.69) is 50.9 Å². The van der Waals surface area contributed by atoms with Crippen LogP contribution in [0, 0.1) is 5.92 Å². The van der Waals surface area contributed by atoms with Gasteiger partial charge in [0.05, 0.1) is 28.4 Å². The van der Waals surface area contributed by atoms with Crippen LogP contribution < -0.4 is 4.90 Å². The Morgan fingerprint density at radius 1 is 1.38 bits per heavy atom. The molecule has 1 aromatic heterocycles. The molecule has 0 spiro atoms. The molecule has 2 aliphatic rings. The van der Waals surface area contributed by atoms with E-state index in [9.17, 15) is 4.21 Å². The van der Waals surface area contributed by atoms with Crippen LogP contribution in [0.25, 0.3) is 6.08 Å². The van der Waals surface area contributed by atoms with Crippen molar-refractivity contribution in [2.45, 2.75) is 43.7 Å². The van der Waals surface area contributed by atoms with E-state index in [-0.39, 0.29) is 0 Å². The second-order valence-corrected chi connectivity index (χ2v) is 10.7. The molecular weight excluding hydrogens is 455 g/mol. The van der Waals surface area contributed by atoms with Gasteiger partial charge in [-0.15, -0.1) is 0 Å². The Labute approximate surface area is 164 Å². The van der Waals surface area contributed by atoms with Gasteiger partial charge >= 0.3 is 0 Å². The lowest BCUT2D eigenvalue weighted by atomic mass is 9.86. The van der Waals surface area contributed by atoms with Gasteiger partial charge in [0.25, 0.3) is 0 Å². The van der Waals surface area contributed by atoms with E-state index in [1.54, 1.807) is 18.3 Å². The number of halogens is 1. The summed E-state index contributed by atoms with van der Waals surface area (Å²) in [5, 5.41) is 1.01. The lowest BCUT2D eigenvalue weighted by Gasteiger charge is -2.36. The highest BCUT2D eigenvalue weighted by Gasteiger charge is 2.27. The molecule has 8 heteroatoms. The Hall–Kier alpha value is -0.350. The van der Waals surface area contributed by atoms with Gasteiger partial charge in [0, 0.05) is 53.5 Å². The minimum Gasteiger partial charge on any atom is -0.356 e. The van der Waals surface area contributed by atoms with Gasteiger partial charge in [0.1, 0.15) is 17.2 Å². The zero-order valence-corrected chi connectivity index (χ0v) is 17.8. The van der Waals surface area contributed by atoms with Crippen molar-refractivity contribution in [1.82, 2.24) is 12.5 Å². The molecule has 1 atom stereocenters. The summed E-state index contributed by atoms with van der Waals surface area (Å²) in [6, 6.07) is 0.506. The van der Waals surface area contributed by atoms with E-state index in [0.29, 0.717) is 12.0 Å². The lowest BCUT2D eigenvalue weighted by molar-refractivity contribution is 0.342. The Bertz CT molecular complexity index is 635. The van der Waals surface area contributed by atoms with Crippen LogP contribution in [-0.4, -0.2) is 41.3 Å². The average Bonchev–Trinajstić information content (AvgIpc) is 2.61. The van der Waals surface area contributed by atoms with E-state index in [4.69, 9.17) is 0 Å². The number of aromatic nitrogens is 2. The molecule has 0 bridgehead atoms. The van der Waals surface area contributed by atoms with E-state index in [0.717, 1.165) is 40.8 Å². The minimum absolute atomic E-state index is 0.506. The standard InChI is InChI=1S/C16H23IN4OS2/c1-3-24(22)10-12-4-6-13(7-5-12)20(2)15-14-8-9-21(17)23-16(14)19-11-18-15/h8-9,11-13H,3-7,10H2,1-2H3. The first-order valence-corrected chi connectivity index (χ1v) is 11.5. The maximum Gasteiger partial charge on any atom is 0.140 e. The molecule has 1 fully saturated rings. The Kier molecular flexibility index (Phi) is 6.42. The predicted octanol–water partition coefficient (Wildman–Crippen LogP) is 3.88. The van der Waals surface area contributed by atoms with E-state index in [1.165, 1.54) is 12.8 Å². The molecule has 1 saturated carbocycles. The van der Waals surface area contributed by atoms with Gasteiger partial charge in [-0.2, -0.15) is 0 Å². The monoisotopic (exact) mass is 478 g/mol. The van der Waals surface area contributed by atoms with Crippen LogP contribution in [0.4, 0.5) is 5.82 Å². The van der Waals surface area contributed by atoms with Crippen molar-refractivity contribution in [2.24, 2.45) is 5.92 Å². The predicted molar refractivity (Wildman–Crippen MR) is 110 cm³/mol. The third-order valence-corrected chi connectivity index (χ3v) is 7.99. The van der Waals surface area contributed by atoms with Gasteiger partial charge in [0.15, 0.2) is 0 Å². The summed E-state index contributed by atoms with van der Waals surface area (Å²) >= 11 is 3.87. The Morgan fingerprint density at radius 3 is 2.83 bits per heavy atom. The maximum absolute atomic E-state index is 11.8. The fourth-order valence-corrected chi connectivity index (χ4v) is 5.82. The number of hydrogen-bond acceptors (Lipinski definition) is 6. The fourth-order valence-electron chi connectivity index (χ4n) is 3.37.